The zero-order chi connectivity index (χ0) is 36.9. The molecule has 3 nitrogen and oxygen atoms in total. The van der Waals surface area contributed by atoms with Gasteiger partial charge in [-0.1, -0.05) is 219 Å². The average molecular weight is 715 g/mol. The number of aromatic hydroxyl groups is 1. The number of ether oxygens (including phenoxy) is 2. The van der Waals surface area contributed by atoms with Crippen LogP contribution in [-0.4, -0.2) is 30.5 Å². The third kappa shape index (κ3) is 31.0. The van der Waals surface area contributed by atoms with Crippen LogP contribution in [0.4, 0.5) is 0 Å². The Hall–Kier alpha value is -1.06. The van der Waals surface area contributed by atoms with Gasteiger partial charge < -0.3 is 14.6 Å². The zero-order valence-corrected chi connectivity index (χ0v) is 35.1. The Morgan fingerprint density at radius 2 is 0.706 bits per heavy atom. The maximum absolute atomic E-state index is 10.7. The highest BCUT2D eigenvalue weighted by atomic mass is 16.5. The molecule has 0 heterocycles. The number of benzene rings is 1. The second-order valence-corrected chi connectivity index (χ2v) is 16.3. The van der Waals surface area contributed by atoms with E-state index in [1.807, 2.05) is 12.1 Å². The number of phenolic OH excluding ortho intramolecular Hbond substituents is 1. The molecule has 1 rings (SSSR count). The summed E-state index contributed by atoms with van der Waals surface area (Å²) in [5, 5.41) is 10.7. The van der Waals surface area contributed by atoms with E-state index < -0.39 is 0 Å². The lowest BCUT2D eigenvalue weighted by molar-refractivity contribution is 0.0594. The lowest BCUT2D eigenvalue weighted by atomic mass is 9.97. The number of rotatable bonds is 40. The molecule has 2 unspecified atom stereocenters. The van der Waals surface area contributed by atoms with Crippen LogP contribution < -0.4 is 0 Å². The van der Waals surface area contributed by atoms with Crippen molar-refractivity contribution >= 4 is 0 Å². The number of unbranched alkanes of at least 4 members (excludes halogenated alkanes) is 30. The molecule has 0 aliphatic carbocycles. The maximum atomic E-state index is 10.7. The van der Waals surface area contributed by atoms with E-state index in [0.29, 0.717) is 5.75 Å². The first-order chi connectivity index (χ1) is 25.1. The van der Waals surface area contributed by atoms with E-state index in [4.69, 9.17) is 9.47 Å². The van der Waals surface area contributed by atoms with Crippen molar-refractivity contribution in [1.82, 2.24) is 0 Å². The van der Waals surface area contributed by atoms with E-state index in [2.05, 4.69) is 33.8 Å². The van der Waals surface area contributed by atoms with Crippen molar-refractivity contribution in [3.8, 4) is 5.75 Å². The van der Waals surface area contributed by atoms with Crippen LogP contribution in [0.5, 0.6) is 5.75 Å². The van der Waals surface area contributed by atoms with Gasteiger partial charge in [0.05, 0.1) is 12.2 Å². The van der Waals surface area contributed by atoms with Gasteiger partial charge in [0.2, 0.25) is 0 Å². The summed E-state index contributed by atoms with van der Waals surface area (Å²) in [4.78, 5) is 0. The van der Waals surface area contributed by atoms with Crippen molar-refractivity contribution in [1.29, 1.82) is 0 Å². The predicted octanol–water partition coefficient (Wildman–Crippen LogP) is 15.8. The quantitative estimate of drug-likeness (QED) is 0.0688. The van der Waals surface area contributed by atoms with E-state index in [9.17, 15) is 5.11 Å². The smallest absolute Gasteiger partial charge is 0.119 e. The van der Waals surface area contributed by atoms with Crippen LogP contribution in [0.25, 0.3) is 0 Å². The minimum atomic E-state index is 0.106. The second kappa shape index (κ2) is 37.3. The highest BCUT2D eigenvalue weighted by Gasteiger charge is 2.15. The lowest BCUT2D eigenvalue weighted by Crippen LogP contribution is -2.17. The van der Waals surface area contributed by atoms with E-state index in [1.54, 1.807) is 0 Å². The van der Waals surface area contributed by atoms with Gasteiger partial charge in [-0.15, -0.1) is 0 Å². The summed E-state index contributed by atoms with van der Waals surface area (Å²) in [5.74, 6) is 0.398. The van der Waals surface area contributed by atoms with Gasteiger partial charge in [0, 0.05) is 19.6 Å². The molecule has 1 N–H and O–H groups in total. The molecule has 0 aromatic heterocycles. The highest BCUT2D eigenvalue weighted by Crippen LogP contribution is 2.25. The average Bonchev–Trinajstić information content (AvgIpc) is 3.12. The molecule has 1 aromatic rings. The topological polar surface area (TPSA) is 38.7 Å². The van der Waals surface area contributed by atoms with E-state index in [0.717, 1.165) is 44.5 Å². The molecule has 0 aliphatic heterocycles. The molecule has 0 saturated heterocycles. The lowest BCUT2D eigenvalue weighted by Gasteiger charge is -2.19. The molecule has 0 spiro atoms. The molecule has 0 fully saturated rings. The van der Waals surface area contributed by atoms with Crippen molar-refractivity contribution in [2.45, 2.75) is 258 Å². The summed E-state index contributed by atoms with van der Waals surface area (Å²) in [5.41, 5.74) is 2.24. The van der Waals surface area contributed by atoms with Gasteiger partial charge in [0.15, 0.2) is 0 Å². The van der Waals surface area contributed by atoms with Crippen molar-refractivity contribution in [2.75, 3.05) is 13.2 Å². The molecule has 0 radical (unpaired) electrons. The van der Waals surface area contributed by atoms with E-state index in [-0.39, 0.29) is 12.2 Å². The van der Waals surface area contributed by atoms with Crippen LogP contribution in [0.2, 0.25) is 0 Å². The van der Waals surface area contributed by atoms with Gasteiger partial charge >= 0.3 is 0 Å². The van der Waals surface area contributed by atoms with E-state index >= 15 is 0 Å². The Morgan fingerprint density at radius 1 is 0.412 bits per heavy atom. The van der Waals surface area contributed by atoms with Crippen molar-refractivity contribution in [2.24, 2.45) is 0 Å². The molecule has 300 valence electrons. The number of phenols is 1. The third-order valence-electron chi connectivity index (χ3n) is 11.0. The van der Waals surface area contributed by atoms with Crippen molar-refractivity contribution in [3.05, 3.63) is 29.3 Å². The van der Waals surface area contributed by atoms with Crippen LogP contribution >= 0.6 is 0 Å². The van der Waals surface area contributed by atoms with Crippen LogP contribution in [0, 0.1) is 0 Å². The molecule has 51 heavy (non-hydrogen) atoms. The first-order valence-electron chi connectivity index (χ1n) is 23.1. The summed E-state index contributed by atoms with van der Waals surface area (Å²) in [6.45, 7) is 10.6. The highest BCUT2D eigenvalue weighted by molar-refractivity contribution is 5.40. The normalized spacial score (nSPS) is 12.9. The summed E-state index contributed by atoms with van der Waals surface area (Å²) in [6.07, 6.45) is 46.4. The standard InChI is InChI=1S/C48H90O3/c1-5-7-9-11-13-15-17-19-21-23-25-27-29-31-33-35-40-50-44(3)42-46-38-37-39-48(49)47(46)43-45(4)51-41-36-34-32-30-28-26-24-22-20-18-16-14-12-10-8-6-2/h37-39,44-45,49H,5-36,40-43H2,1-4H3. The fourth-order valence-electron chi connectivity index (χ4n) is 7.63. The third-order valence-corrected chi connectivity index (χ3v) is 11.0. The zero-order valence-electron chi connectivity index (χ0n) is 35.1. The SMILES string of the molecule is CCCCCCCCCCCCCCCCCCOC(C)Cc1cccc(O)c1CC(C)OCCCCCCCCCCCCCCCCCC. The number of hydrogen-bond acceptors (Lipinski definition) is 3. The summed E-state index contributed by atoms with van der Waals surface area (Å²) >= 11 is 0. The van der Waals surface area contributed by atoms with Gasteiger partial charge in [0.1, 0.15) is 5.75 Å². The Balaban J connectivity index is 2.02. The van der Waals surface area contributed by atoms with Crippen molar-refractivity contribution in [3.63, 3.8) is 0 Å². The Bertz CT molecular complexity index is 838. The molecule has 2 atom stereocenters. The van der Waals surface area contributed by atoms with Crippen molar-refractivity contribution < 1.29 is 14.6 Å². The monoisotopic (exact) mass is 715 g/mol. The minimum absolute atomic E-state index is 0.106. The molecule has 0 aliphatic rings. The summed E-state index contributed by atoms with van der Waals surface area (Å²) in [7, 11) is 0. The van der Waals surface area contributed by atoms with Crippen LogP contribution in [0.1, 0.15) is 244 Å². The van der Waals surface area contributed by atoms with Gasteiger partial charge in [-0.3, -0.25) is 0 Å². The fourth-order valence-corrected chi connectivity index (χ4v) is 7.63. The second-order valence-electron chi connectivity index (χ2n) is 16.3. The Labute approximate surface area is 320 Å². The van der Waals surface area contributed by atoms with Gasteiger partial charge in [-0.25, -0.2) is 0 Å². The first kappa shape index (κ1) is 48.0. The maximum Gasteiger partial charge on any atom is 0.119 e. The van der Waals surface area contributed by atoms with Crippen LogP contribution in [-0.2, 0) is 22.3 Å². The fraction of sp³-hybridized carbons (Fsp3) is 0.875. The van der Waals surface area contributed by atoms with Gasteiger partial charge in [-0.2, -0.15) is 0 Å². The molecular weight excluding hydrogens is 625 g/mol. The molecule has 0 bridgehead atoms. The summed E-state index contributed by atoms with van der Waals surface area (Å²) in [6, 6.07) is 5.95. The van der Waals surface area contributed by atoms with Crippen LogP contribution in [0.3, 0.4) is 0 Å². The molecule has 3 heteroatoms. The Morgan fingerprint density at radius 3 is 1.04 bits per heavy atom. The van der Waals surface area contributed by atoms with Crippen LogP contribution in [0.15, 0.2) is 18.2 Å². The van der Waals surface area contributed by atoms with E-state index in [1.165, 1.54) is 198 Å². The van der Waals surface area contributed by atoms with Gasteiger partial charge in [-0.05, 0) is 50.3 Å². The van der Waals surface area contributed by atoms with Gasteiger partial charge in [0.25, 0.3) is 0 Å². The number of hydrogen-bond donors (Lipinski definition) is 1. The first-order valence-corrected chi connectivity index (χ1v) is 23.1. The Kier molecular flexibility index (Phi) is 35.0. The summed E-state index contributed by atoms with van der Waals surface area (Å²) < 4.78 is 12.4. The molecule has 1 aromatic carbocycles. The predicted molar refractivity (Wildman–Crippen MR) is 225 cm³/mol. The molecular formula is C48H90O3. The molecule has 0 saturated carbocycles. The minimum Gasteiger partial charge on any atom is -0.508 e. The largest absolute Gasteiger partial charge is 0.508 e. The molecule has 0 amide bonds.